The fraction of sp³-hybridized carbons (Fsp3) is 0.393. The molecule has 198 valence electrons. The van der Waals surface area contributed by atoms with Crippen molar-refractivity contribution < 1.29 is 23.5 Å². The molecule has 2 aromatic carbocycles. The second kappa shape index (κ2) is 9.39. The van der Waals surface area contributed by atoms with Gasteiger partial charge in [0.1, 0.15) is 0 Å². The molecule has 2 amide bonds. The Morgan fingerprint density at radius 1 is 1.24 bits per heavy atom. The number of hydrogen-bond donors (Lipinski definition) is 2. The topological polar surface area (TPSA) is 96.5 Å². The first kappa shape index (κ1) is 24.9. The molecule has 3 aliphatic rings. The van der Waals surface area contributed by atoms with E-state index in [4.69, 9.17) is 26.1 Å². The lowest BCUT2D eigenvalue weighted by molar-refractivity contribution is -0.0420. The number of nitrogens with zero attached hydrogens (tertiary/aromatic N) is 2. The highest BCUT2D eigenvalue weighted by atomic mass is 35.5. The molecule has 3 aromatic rings. The monoisotopic (exact) mass is 538 g/mol. The minimum atomic E-state index is -1.33. The summed E-state index contributed by atoms with van der Waals surface area (Å²) in [5.41, 5.74) is 0.825. The molecule has 2 atom stereocenters. The lowest BCUT2D eigenvalue weighted by atomic mass is 9.83. The van der Waals surface area contributed by atoms with E-state index < -0.39 is 17.5 Å². The van der Waals surface area contributed by atoms with Crippen molar-refractivity contribution in [1.82, 2.24) is 14.9 Å². The largest absolute Gasteiger partial charge is 0.436 e. The number of hydrogen-bond acceptors (Lipinski definition) is 5. The lowest BCUT2D eigenvalue weighted by Gasteiger charge is -2.44. The highest BCUT2D eigenvalue weighted by Crippen LogP contribution is 2.48. The Bertz CT molecular complexity index is 1390. The molecule has 2 fully saturated rings. The summed E-state index contributed by atoms with van der Waals surface area (Å²) in [7, 11) is 1.74. The van der Waals surface area contributed by atoms with Gasteiger partial charge in [0.2, 0.25) is 0 Å². The number of carbonyl (C=O) groups is 2. The maximum atomic E-state index is 15.2. The van der Waals surface area contributed by atoms with Gasteiger partial charge in [-0.1, -0.05) is 41.9 Å². The molecular weight excluding hydrogens is 511 g/mol. The van der Waals surface area contributed by atoms with Crippen LogP contribution in [0.15, 0.2) is 48.7 Å². The standard InChI is InChI=1S/C28H28ClFN4O4/c1-37-27(11-12-27)14-18(17-6-3-2-4-7-17)21-15-31-24(32-21)25(35)34-13-5-10-28(16-34)22-20(33-26(36)38-28)9-8-19(29)23(22)30/h2-4,6-9,15,18H,5,10-14,16H2,1H3,(H,31,32)(H,33,36)/t18?,28-/m0/s1. The molecule has 6 rings (SSSR count). The van der Waals surface area contributed by atoms with Crippen molar-refractivity contribution in [3.05, 3.63) is 82.1 Å². The molecule has 3 heterocycles. The van der Waals surface area contributed by atoms with E-state index >= 15 is 4.39 Å². The van der Waals surface area contributed by atoms with Gasteiger partial charge in [0, 0.05) is 25.8 Å². The normalized spacial score (nSPS) is 22.4. The minimum absolute atomic E-state index is 0.00551. The molecule has 1 aliphatic carbocycles. The predicted molar refractivity (Wildman–Crippen MR) is 139 cm³/mol. The van der Waals surface area contributed by atoms with E-state index in [0.717, 1.165) is 30.5 Å². The fourth-order valence-corrected chi connectivity index (χ4v) is 5.96. The molecule has 8 nitrogen and oxygen atoms in total. The van der Waals surface area contributed by atoms with Gasteiger partial charge in [-0.05, 0) is 49.8 Å². The maximum Gasteiger partial charge on any atom is 0.412 e. The van der Waals surface area contributed by atoms with Gasteiger partial charge in [0.15, 0.2) is 17.2 Å². The van der Waals surface area contributed by atoms with E-state index in [2.05, 4.69) is 22.4 Å². The van der Waals surface area contributed by atoms with Crippen molar-refractivity contribution in [3.63, 3.8) is 0 Å². The molecule has 2 aliphatic heterocycles. The first-order valence-corrected chi connectivity index (χ1v) is 13.1. The quantitative estimate of drug-likeness (QED) is 0.426. The fourth-order valence-electron chi connectivity index (χ4n) is 5.80. The number of aromatic amines is 1. The molecule has 38 heavy (non-hydrogen) atoms. The Kier molecular flexibility index (Phi) is 6.15. The van der Waals surface area contributed by atoms with Crippen LogP contribution in [0.5, 0.6) is 0 Å². The Morgan fingerprint density at radius 3 is 2.76 bits per heavy atom. The Balaban J connectivity index is 1.29. The van der Waals surface area contributed by atoms with Gasteiger partial charge in [-0.2, -0.15) is 0 Å². The Hall–Kier alpha value is -3.43. The first-order chi connectivity index (χ1) is 18.3. The Labute approximate surface area is 224 Å². The Morgan fingerprint density at radius 2 is 2.03 bits per heavy atom. The van der Waals surface area contributed by atoms with Crippen LogP contribution in [0, 0.1) is 5.82 Å². The molecule has 1 aromatic heterocycles. The number of rotatable bonds is 6. The number of H-pyrrole nitrogens is 1. The highest BCUT2D eigenvalue weighted by molar-refractivity contribution is 6.31. The number of likely N-dealkylation sites (tertiary alicyclic amines) is 1. The van der Waals surface area contributed by atoms with E-state index in [0.29, 0.717) is 25.1 Å². The molecule has 1 saturated carbocycles. The van der Waals surface area contributed by atoms with Crippen LogP contribution in [0.1, 0.15) is 65.5 Å². The SMILES string of the molecule is COC1(CC(c2ccccc2)c2c[nH]c(C(=O)N3CCC[C@@]4(C3)OC(=O)Nc3ccc(Cl)c(F)c34)n2)CC1. The molecule has 1 saturated heterocycles. The number of anilines is 1. The lowest BCUT2D eigenvalue weighted by Crippen LogP contribution is -2.53. The van der Waals surface area contributed by atoms with Crippen molar-refractivity contribution in [2.75, 3.05) is 25.5 Å². The van der Waals surface area contributed by atoms with Crippen LogP contribution >= 0.6 is 11.6 Å². The number of piperidine rings is 1. The van der Waals surface area contributed by atoms with Gasteiger partial charge in [-0.3, -0.25) is 10.1 Å². The maximum absolute atomic E-state index is 15.2. The zero-order chi connectivity index (χ0) is 26.5. The first-order valence-electron chi connectivity index (χ1n) is 12.8. The number of imidazole rings is 1. The number of methoxy groups -OCH3 is 1. The second-order valence-electron chi connectivity index (χ2n) is 10.4. The number of nitrogens with one attached hydrogen (secondary N) is 2. The van der Waals surface area contributed by atoms with E-state index in [-0.39, 0.29) is 40.4 Å². The van der Waals surface area contributed by atoms with Crippen molar-refractivity contribution in [2.45, 2.75) is 49.2 Å². The van der Waals surface area contributed by atoms with E-state index in [1.807, 2.05) is 18.2 Å². The van der Waals surface area contributed by atoms with Gasteiger partial charge in [0.05, 0.1) is 34.1 Å². The van der Waals surface area contributed by atoms with Crippen molar-refractivity contribution >= 4 is 29.3 Å². The van der Waals surface area contributed by atoms with E-state index in [9.17, 15) is 9.59 Å². The summed E-state index contributed by atoms with van der Waals surface area (Å²) >= 11 is 6.08. The van der Waals surface area contributed by atoms with Crippen LogP contribution < -0.4 is 5.32 Å². The molecular formula is C28H28ClFN4O4. The average molecular weight is 539 g/mol. The van der Waals surface area contributed by atoms with Gasteiger partial charge in [-0.25, -0.2) is 14.2 Å². The smallest absolute Gasteiger partial charge is 0.412 e. The van der Waals surface area contributed by atoms with Crippen molar-refractivity contribution in [3.8, 4) is 0 Å². The summed E-state index contributed by atoms with van der Waals surface area (Å²) in [6.07, 6.45) is 4.72. The van der Waals surface area contributed by atoms with Gasteiger partial charge in [0.25, 0.3) is 5.91 Å². The number of halogens is 2. The minimum Gasteiger partial charge on any atom is -0.436 e. The van der Waals surface area contributed by atoms with Crippen LogP contribution in [-0.2, 0) is 15.1 Å². The summed E-state index contributed by atoms with van der Waals surface area (Å²) in [4.78, 5) is 35.3. The van der Waals surface area contributed by atoms with E-state index in [1.54, 1.807) is 24.3 Å². The summed E-state index contributed by atoms with van der Waals surface area (Å²) in [5.74, 6) is -0.852. The number of ether oxygens (including phenoxy) is 2. The highest BCUT2D eigenvalue weighted by Gasteiger charge is 2.49. The summed E-state index contributed by atoms with van der Waals surface area (Å²) in [6.45, 7) is 0.419. The number of fused-ring (bicyclic) bond motifs is 2. The number of benzene rings is 2. The van der Waals surface area contributed by atoms with Gasteiger partial charge in [-0.15, -0.1) is 0 Å². The van der Waals surface area contributed by atoms with Gasteiger partial charge >= 0.3 is 6.09 Å². The van der Waals surface area contributed by atoms with Crippen LogP contribution in [-0.4, -0.2) is 52.7 Å². The van der Waals surface area contributed by atoms with Crippen molar-refractivity contribution in [1.29, 1.82) is 0 Å². The molecule has 2 N–H and O–H groups in total. The predicted octanol–water partition coefficient (Wildman–Crippen LogP) is 5.60. The summed E-state index contributed by atoms with van der Waals surface area (Å²) in [5, 5.41) is 2.47. The zero-order valence-corrected chi connectivity index (χ0v) is 21.7. The van der Waals surface area contributed by atoms with Crippen molar-refractivity contribution in [2.24, 2.45) is 0 Å². The number of amides is 2. The molecule has 10 heteroatoms. The van der Waals surface area contributed by atoms with Crippen LogP contribution in [0.2, 0.25) is 5.02 Å². The third kappa shape index (κ3) is 4.33. The second-order valence-corrected chi connectivity index (χ2v) is 10.8. The molecule has 1 unspecified atom stereocenters. The molecule has 1 spiro atoms. The molecule has 0 radical (unpaired) electrons. The van der Waals surface area contributed by atoms with Gasteiger partial charge < -0.3 is 19.4 Å². The number of carbonyl (C=O) groups excluding carboxylic acids is 2. The number of aromatic nitrogens is 2. The third-order valence-corrected chi connectivity index (χ3v) is 8.29. The van der Waals surface area contributed by atoms with Crippen LogP contribution in [0.25, 0.3) is 0 Å². The average Bonchev–Trinajstić information content (AvgIpc) is 3.54. The van der Waals surface area contributed by atoms with Crippen LogP contribution in [0.4, 0.5) is 14.9 Å². The molecule has 0 bridgehead atoms. The summed E-state index contributed by atoms with van der Waals surface area (Å²) < 4.78 is 26.7. The van der Waals surface area contributed by atoms with Crippen LogP contribution in [0.3, 0.4) is 0 Å². The summed E-state index contributed by atoms with van der Waals surface area (Å²) in [6, 6.07) is 13.0. The third-order valence-electron chi connectivity index (χ3n) is 7.99. The van der Waals surface area contributed by atoms with E-state index in [1.165, 1.54) is 6.07 Å². The zero-order valence-electron chi connectivity index (χ0n) is 20.9.